The average molecular weight is 219 g/mol. The summed E-state index contributed by atoms with van der Waals surface area (Å²) >= 11 is 0. The lowest BCUT2D eigenvalue weighted by Crippen LogP contribution is -2.07. The summed E-state index contributed by atoms with van der Waals surface area (Å²) in [6.45, 7) is 4.18. The minimum atomic E-state index is -0.272. The number of nitrogens with zero attached hydrogens (tertiary/aromatic N) is 2. The number of nitrogens with two attached hydrogens (primary N) is 1. The number of hydrogen-bond acceptors (Lipinski definition) is 2. The number of halogens is 1. The smallest absolute Gasteiger partial charge is 0.123 e. The van der Waals surface area contributed by atoms with Crippen molar-refractivity contribution >= 4 is 0 Å². The molecule has 1 aromatic heterocycles. The van der Waals surface area contributed by atoms with Crippen LogP contribution < -0.4 is 5.73 Å². The van der Waals surface area contributed by atoms with Gasteiger partial charge in [0.05, 0.1) is 11.4 Å². The number of benzene rings is 1. The van der Waals surface area contributed by atoms with Crippen LogP contribution in [0.1, 0.15) is 17.0 Å². The van der Waals surface area contributed by atoms with E-state index in [1.807, 2.05) is 19.9 Å². The van der Waals surface area contributed by atoms with E-state index in [1.54, 1.807) is 10.7 Å². The normalized spacial score (nSPS) is 10.8. The van der Waals surface area contributed by atoms with Gasteiger partial charge < -0.3 is 5.73 Å². The van der Waals surface area contributed by atoms with Gasteiger partial charge in [-0.2, -0.15) is 5.10 Å². The Kier molecular flexibility index (Phi) is 2.75. The Hall–Kier alpha value is -1.68. The zero-order valence-corrected chi connectivity index (χ0v) is 9.37. The van der Waals surface area contributed by atoms with E-state index in [9.17, 15) is 4.39 Å². The molecule has 2 rings (SSSR count). The summed E-state index contributed by atoms with van der Waals surface area (Å²) < 4.78 is 14.9. The zero-order valence-electron chi connectivity index (χ0n) is 9.37. The summed E-state index contributed by atoms with van der Waals surface area (Å²) in [4.78, 5) is 0. The van der Waals surface area contributed by atoms with Gasteiger partial charge in [-0.25, -0.2) is 9.07 Å². The van der Waals surface area contributed by atoms with Crippen molar-refractivity contribution in [2.24, 2.45) is 5.73 Å². The monoisotopic (exact) mass is 219 g/mol. The number of aryl methyl sites for hydroxylation is 2. The molecule has 0 amide bonds. The Labute approximate surface area is 93.7 Å². The lowest BCUT2D eigenvalue weighted by Gasteiger charge is -2.09. The van der Waals surface area contributed by atoms with Gasteiger partial charge in [-0.1, -0.05) is 0 Å². The van der Waals surface area contributed by atoms with Crippen LogP contribution in [0.25, 0.3) is 5.69 Å². The van der Waals surface area contributed by atoms with E-state index in [2.05, 4.69) is 5.10 Å². The van der Waals surface area contributed by atoms with Crippen molar-refractivity contribution in [1.29, 1.82) is 0 Å². The van der Waals surface area contributed by atoms with Gasteiger partial charge in [-0.05, 0) is 43.7 Å². The van der Waals surface area contributed by atoms with Crippen molar-refractivity contribution in [3.8, 4) is 5.69 Å². The molecule has 0 saturated heterocycles. The maximum atomic E-state index is 13.1. The van der Waals surface area contributed by atoms with Gasteiger partial charge in [0.1, 0.15) is 5.82 Å². The third kappa shape index (κ3) is 1.84. The van der Waals surface area contributed by atoms with E-state index in [0.717, 1.165) is 22.6 Å². The molecule has 0 atom stereocenters. The first-order valence-electron chi connectivity index (χ1n) is 5.14. The van der Waals surface area contributed by atoms with Crippen molar-refractivity contribution in [3.05, 3.63) is 47.0 Å². The van der Waals surface area contributed by atoms with Crippen LogP contribution in [0.5, 0.6) is 0 Å². The van der Waals surface area contributed by atoms with Gasteiger partial charge in [0.25, 0.3) is 0 Å². The molecule has 2 N–H and O–H groups in total. The fraction of sp³-hybridized carbons (Fsp3) is 0.250. The molecular formula is C12H14FN3. The topological polar surface area (TPSA) is 43.8 Å². The molecule has 3 nitrogen and oxygen atoms in total. The van der Waals surface area contributed by atoms with Crippen molar-refractivity contribution in [2.45, 2.75) is 20.4 Å². The second-order valence-corrected chi connectivity index (χ2v) is 3.82. The molecule has 0 spiro atoms. The maximum Gasteiger partial charge on any atom is 0.123 e. The summed E-state index contributed by atoms with van der Waals surface area (Å²) in [5.74, 6) is -0.272. The van der Waals surface area contributed by atoms with Crippen molar-refractivity contribution in [1.82, 2.24) is 9.78 Å². The standard InChI is InChI=1S/C12H14FN3/c1-8-5-9(2)16(15-8)12-4-3-11(13)6-10(12)7-14/h3-6H,7,14H2,1-2H3. The average Bonchev–Trinajstić information content (AvgIpc) is 2.57. The Morgan fingerprint density at radius 1 is 1.31 bits per heavy atom. The van der Waals surface area contributed by atoms with Crippen LogP contribution in [0.3, 0.4) is 0 Å². The first-order valence-corrected chi connectivity index (χ1v) is 5.14. The number of hydrogen-bond donors (Lipinski definition) is 1. The lowest BCUT2D eigenvalue weighted by atomic mass is 10.1. The SMILES string of the molecule is Cc1cc(C)n(-c2ccc(F)cc2CN)n1. The highest BCUT2D eigenvalue weighted by Gasteiger charge is 2.08. The molecule has 84 valence electrons. The van der Waals surface area contributed by atoms with Crippen LogP contribution in [0.4, 0.5) is 4.39 Å². The quantitative estimate of drug-likeness (QED) is 0.840. The van der Waals surface area contributed by atoms with E-state index in [4.69, 9.17) is 5.73 Å². The lowest BCUT2D eigenvalue weighted by molar-refractivity contribution is 0.624. The fourth-order valence-corrected chi connectivity index (χ4v) is 1.80. The van der Waals surface area contributed by atoms with Crippen LogP contribution in [0, 0.1) is 19.7 Å². The van der Waals surface area contributed by atoms with E-state index >= 15 is 0 Å². The van der Waals surface area contributed by atoms with Gasteiger partial charge in [-0.15, -0.1) is 0 Å². The molecule has 2 aromatic rings. The summed E-state index contributed by atoms with van der Waals surface area (Å²) in [7, 11) is 0. The molecule has 0 aliphatic rings. The van der Waals surface area contributed by atoms with Crippen LogP contribution in [-0.2, 0) is 6.54 Å². The second kappa shape index (κ2) is 4.06. The molecule has 16 heavy (non-hydrogen) atoms. The Morgan fingerprint density at radius 2 is 2.06 bits per heavy atom. The maximum absolute atomic E-state index is 13.1. The predicted molar refractivity (Wildman–Crippen MR) is 60.9 cm³/mol. The highest BCUT2D eigenvalue weighted by molar-refractivity contribution is 5.42. The van der Waals surface area contributed by atoms with Crippen molar-refractivity contribution in [3.63, 3.8) is 0 Å². The van der Waals surface area contributed by atoms with Crippen molar-refractivity contribution in [2.75, 3.05) is 0 Å². The van der Waals surface area contributed by atoms with Gasteiger partial charge >= 0.3 is 0 Å². The largest absolute Gasteiger partial charge is 0.326 e. The second-order valence-electron chi connectivity index (χ2n) is 3.82. The highest BCUT2D eigenvalue weighted by atomic mass is 19.1. The molecule has 0 fully saturated rings. The molecule has 0 aliphatic heterocycles. The van der Waals surface area contributed by atoms with E-state index in [-0.39, 0.29) is 5.82 Å². The third-order valence-corrected chi connectivity index (χ3v) is 2.50. The molecule has 0 saturated carbocycles. The molecule has 0 bridgehead atoms. The molecule has 0 aliphatic carbocycles. The molecular weight excluding hydrogens is 205 g/mol. The minimum Gasteiger partial charge on any atom is -0.326 e. The highest BCUT2D eigenvalue weighted by Crippen LogP contribution is 2.17. The van der Waals surface area contributed by atoms with Gasteiger partial charge in [-0.3, -0.25) is 0 Å². The number of aromatic nitrogens is 2. The van der Waals surface area contributed by atoms with Crippen LogP contribution in [0.15, 0.2) is 24.3 Å². The molecule has 0 unspecified atom stereocenters. The van der Waals surface area contributed by atoms with Crippen LogP contribution in [-0.4, -0.2) is 9.78 Å². The molecule has 1 aromatic carbocycles. The van der Waals surface area contributed by atoms with E-state index in [0.29, 0.717) is 6.54 Å². The fourth-order valence-electron chi connectivity index (χ4n) is 1.80. The third-order valence-electron chi connectivity index (χ3n) is 2.50. The predicted octanol–water partition coefficient (Wildman–Crippen LogP) is 2.09. The van der Waals surface area contributed by atoms with Crippen LogP contribution in [0.2, 0.25) is 0 Å². The first-order chi connectivity index (χ1) is 7.61. The Balaban J connectivity index is 2.59. The molecule has 4 heteroatoms. The van der Waals surface area contributed by atoms with Crippen molar-refractivity contribution < 1.29 is 4.39 Å². The van der Waals surface area contributed by atoms with Gasteiger partial charge in [0, 0.05) is 12.2 Å². The van der Waals surface area contributed by atoms with Gasteiger partial charge in [0.2, 0.25) is 0 Å². The Morgan fingerprint density at radius 3 is 2.62 bits per heavy atom. The molecule has 1 heterocycles. The molecule has 0 radical (unpaired) electrons. The van der Waals surface area contributed by atoms with Crippen LogP contribution >= 0.6 is 0 Å². The van der Waals surface area contributed by atoms with E-state index < -0.39 is 0 Å². The Bertz CT molecular complexity index is 517. The van der Waals surface area contributed by atoms with Gasteiger partial charge in [0.15, 0.2) is 0 Å². The zero-order chi connectivity index (χ0) is 11.7. The summed E-state index contributed by atoms with van der Waals surface area (Å²) in [5.41, 5.74) is 9.15. The summed E-state index contributed by atoms with van der Waals surface area (Å²) in [6, 6.07) is 6.55. The number of rotatable bonds is 2. The minimum absolute atomic E-state index is 0.272. The van der Waals surface area contributed by atoms with E-state index in [1.165, 1.54) is 12.1 Å². The first kappa shape index (κ1) is 10.8. The summed E-state index contributed by atoms with van der Waals surface area (Å²) in [6.07, 6.45) is 0. The summed E-state index contributed by atoms with van der Waals surface area (Å²) in [5, 5.41) is 4.36.